The van der Waals surface area contributed by atoms with Crippen LogP contribution in [0.3, 0.4) is 0 Å². The highest BCUT2D eigenvalue weighted by molar-refractivity contribution is 7.80. The van der Waals surface area contributed by atoms with Gasteiger partial charge in [0, 0.05) is 0 Å². The number of hydrogen-bond acceptors (Lipinski definition) is 7. The van der Waals surface area contributed by atoms with Gasteiger partial charge < -0.3 is 10.2 Å². The van der Waals surface area contributed by atoms with Crippen LogP contribution in [0.15, 0.2) is 5.16 Å². The van der Waals surface area contributed by atoms with Gasteiger partial charge in [-0.1, -0.05) is 0 Å². The molecule has 12 heavy (non-hydrogen) atoms. The lowest BCUT2D eigenvalue weighted by atomic mass is 10.5. The Balaban J connectivity index is 3.38. The monoisotopic (exact) mass is 189 g/mol. The van der Waals surface area contributed by atoms with Crippen molar-refractivity contribution >= 4 is 18.3 Å². The average molecular weight is 189 g/mol. The standard InChI is InChI=1S/C4H3N3O4S/c8-2-1(7(10)11)3(9)6-4(12)5-2/h(H3,5,6,8,9,12). The molecule has 0 unspecified atom stereocenters. The number of rotatable bonds is 1. The van der Waals surface area contributed by atoms with Crippen LogP contribution in [-0.4, -0.2) is 25.1 Å². The first-order valence-electron chi connectivity index (χ1n) is 2.65. The molecule has 1 rings (SSSR count). The van der Waals surface area contributed by atoms with E-state index >= 15 is 0 Å². The molecule has 0 spiro atoms. The molecule has 1 aromatic rings. The maximum atomic E-state index is 10.1. The maximum absolute atomic E-state index is 10.1. The van der Waals surface area contributed by atoms with Crippen molar-refractivity contribution in [2.45, 2.75) is 5.16 Å². The Hall–Kier alpha value is -1.57. The number of hydrogen-bond donors (Lipinski definition) is 3. The highest BCUT2D eigenvalue weighted by Crippen LogP contribution is 2.31. The van der Waals surface area contributed by atoms with Crippen LogP contribution >= 0.6 is 12.6 Å². The summed E-state index contributed by atoms with van der Waals surface area (Å²) in [5.74, 6) is -1.81. The Morgan fingerprint density at radius 2 is 1.75 bits per heavy atom. The lowest BCUT2D eigenvalue weighted by Gasteiger charge is -1.96. The molecule has 0 fully saturated rings. The fourth-order valence-corrected chi connectivity index (χ4v) is 0.773. The molecule has 1 aromatic heterocycles. The Kier molecular flexibility index (Phi) is 2.00. The largest absolute Gasteiger partial charge is 0.488 e. The van der Waals surface area contributed by atoms with Crippen LogP contribution in [0.25, 0.3) is 0 Å². The van der Waals surface area contributed by atoms with Crippen molar-refractivity contribution in [3.05, 3.63) is 10.1 Å². The van der Waals surface area contributed by atoms with E-state index in [9.17, 15) is 10.1 Å². The van der Waals surface area contributed by atoms with Crippen LogP contribution < -0.4 is 0 Å². The van der Waals surface area contributed by atoms with Gasteiger partial charge in [0.05, 0.1) is 4.92 Å². The molecule has 0 atom stereocenters. The highest BCUT2D eigenvalue weighted by Gasteiger charge is 2.23. The second-order valence-corrected chi connectivity index (χ2v) is 2.18. The van der Waals surface area contributed by atoms with Gasteiger partial charge in [-0.2, -0.15) is 9.97 Å². The van der Waals surface area contributed by atoms with Crippen LogP contribution in [0, 0.1) is 10.1 Å². The van der Waals surface area contributed by atoms with Gasteiger partial charge in [0.1, 0.15) is 0 Å². The summed E-state index contributed by atoms with van der Waals surface area (Å²) in [7, 11) is 0. The van der Waals surface area contributed by atoms with Crippen molar-refractivity contribution in [1.82, 2.24) is 9.97 Å². The molecule has 1 heterocycles. The number of thiol groups is 1. The predicted molar refractivity (Wildman–Crippen MR) is 39.3 cm³/mol. The van der Waals surface area contributed by atoms with Gasteiger partial charge in [-0.25, -0.2) is 0 Å². The normalized spacial score (nSPS) is 9.75. The first-order valence-corrected chi connectivity index (χ1v) is 3.10. The minimum Gasteiger partial charge on any atom is -0.488 e. The molecule has 0 aliphatic rings. The van der Waals surface area contributed by atoms with Crippen molar-refractivity contribution in [1.29, 1.82) is 0 Å². The minimum atomic E-state index is -0.988. The molecular weight excluding hydrogens is 186 g/mol. The molecule has 7 nitrogen and oxygen atoms in total. The van der Waals surface area contributed by atoms with E-state index in [-0.39, 0.29) is 5.16 Å². The topological polar surface area (TPSA) is 109 Å². The third-order valence-corrected chi connectivity index (χ3v) is 1.22. The molecule has 0 bridgehead atoms. The summed E-state index contributed by atoms with van der Waals surface area (Å²) >= 11 is 3.57. The molecule has 0 aromatic carbocycles. The van der Waals surface area contributed by atoms with E-state index < -0.39 is 22.4 Å². The Morgan fingerprint density at radius 3 is 2.08 bits per heavy atom. The van der Waals surface area contributed by atoms with Gasteiger partial charge in [-0.3, -0.25) is 10.1 Å². The first kappa shape index (κ1) is 8.53. The molecular formula is C4H3N3O4S. The van der Waals surface area contributed by atoms with Crippen molar-refractivity contribution < 1.29 is 15.1 Å². The van der Waals surface area contributed by atoms with Crippen molar-refractivity contribution in [3.8, 4) is 11.8 Å². The van der Waals surface area contributed by atoms with Gasteiger partial charge in [0.2, 0.25) is 0 Å². The number of nitro groups is 1. The van der Waals surface area contributed by atoms with Crippen molar-refractivity contribution in [2.24, 2.45) is 0 Å². The van der Waals surface area contributed by atoms with Gasteiger partial charge >= 0.3 is 5.69 Å². The third-order valence-electron chi connectivity index (χ3n) is 1.02. The van der Waals surface area contributed by atoms with E-state index in [1.165, 1.54) is 0 Å². The second kappa shape index (κ2) is 2.81. The molecule has 64 valence electrons. The highest BCUT2D eigenvalue weighted by atomic mass is 32.1. The van der Waals surface area contributed by atoms with E-state index in [2.05, 4.69) is 22.6 Å². The zero-order chi connectivity index (χ0) is 9.30. The van der Waals surface area contributed by atoms with E-state index in [4.69, 9.17) is 10.2 Å². The molecule has 0 radical (unpaired) electrons. The number of aromatic nitrogens is 2. The molecule has 2 N–H and O–H groups in total. The van der Waals surface area contributed by atoms with Gasteiger partial charge in [-0.15, -0.1) is 12.6 Å². The van der Waals surface area contributed by atoms with Crippen LogP contribution in [0.4, 0.5) is 5.69 Å². The summed E-state index contributed by atoms with van der Waals surface area (Å²) < 4.78 is 0. The van der Waals surface area contributed by atoms with Crippen LogP contribution in [0.2, 0.25) is 0 Å². The Morgan fingerprint density at radius 1 is 1.33 bits per heavy atom. The summed E-state index contributed by atoms with van der Waals surface area (Å²) in [4.78, 5) is 15.5. The molecule has 0 saturated carbocycles. The summed E-state index contributed by atoms with van der Waals surface area (Å²) in [6.45, 7) is 0. The fourth-order valence-electron chi connectivity index (χ4n) is 0.584. The lowest BCUT2D eigenvalue weighted by Crippen LogP contribution is -1.94. The zero-order valence-electron chi connectivity index (χ0n) is 5.50. The van der Waals surface area contributed by atoms with Crippen molar-refractivity contribution in [3.63, 3.8) is 0 Å². The quantitative estimate of drug-likeness (QED) is 0.250. The van der Waals surface area contributed by atoms with Gasteiger partial charge in [-0.05, 0) is 0 Å². The third kappa shape index (κ3) is 1.37. The van der Waals surface area contributed by atoms with Gasteiger partial charge in [0.25, 0.3) is 11.8 Å². The Labute approximate surface area is 71.3 Å². The zero-order valence-corrected chi connectivity index (χ0v) is 6.39. The molecule has 8 heteroatoms. The van der Waals surface area contributed by atoms with Crippen LogP contribution in [-0.2, 0) is 0 Å². The van der Waals surface area contributed by atoms with Gasteiger partial charge in [0.15, 0.2) is 5.16 Å². The summed E-state index contributed by atoms with van der Waals surface area (Å²) in [6.07, 6.45) is 0. The van der Waals surface area contributed by atoms with Crippen LogP contribution in [0.1, 0.15) is 0 Å². The predicted octanol–water partition coefficient (Wildman–Crippen LogP) is 0.0847. The van der Waals surface area contributed by atoms with E-state index in [0.29, 0.717) is 0 Å². The van der Waals surface area contributed by atoms with E-state index in [0.717, 1.165) is 0 Å². The molecule has 0 saturated heterocycles. The molecule has 0 amide bonds. The summed E-state index contributed by atoms with van der Waals surface area (Å²) in [5.41, 5.74) is -0.923. The Bertz CT molecular complexity index is 318. The minimum absolute atomic E-state index is 0.240. The maximum Gasteiger partial charge on any atom is 0.392 e. The van der Waals surface area contributed by atoms with E-state index in [1.54, 1.807) is 0 Å². The number of aromatic hydroxyl groups is 2. The second-order valence-electron chi connectivity index (χ2n) is 1.78. The van der Waals surface area contributed by atoms with Crippen LogP contribution in [0.5, 0.6) is 11.8 Å². The summed E-state index contributed by atoms with van der Waals surface area (Å²) in [5, 5.41) is 27.6. The summed E-state index contributed by atoms with van der Waals surface area (Å²) in [6, 6.07) is 0. The molecule has 0 aliphatic heterocycles. The lowest BCUT2D eigenvalue weighted by molar-refractivity contribution is -0.387. The van der Waals surface area contributed by atoms with Crippen molar-refractivity contribution in [2.75, 3.05) is 0 Å². The molecule has 0 aliphatic carbocycles. The van der Waals surface area contributed by atoms with E-state index in [1.807, 2.05) is 0 Å². The average Bonchev–Trinajstić information content (AvgIpc) is 1.82. The number of nitrogens with zero attached hydrogens (tertiary/aromatic N) is 3. The SMILES string of the molecule is O=[N+]([O-])c1c(O)nc(S)nc1O. The fraction of sp³-hybridized carbons (Fsp3) is 0. The smallest absolute Gasteiger partial charge is 0.392 e. The first-order chi connectivity index (χ1) is 5.52.